The molecule has 0 saturated carbocycles. The van der Waals surface area contributed by atoms with Crippen molar-refractivity contribution in [2.45, 2.75) is 22.5 Å². The van der Waals surface area contributed by atoms with Gasteiger partial charge in [-0.15, -0.1) is 0 Å². The van der Waals surface area contributed by atoms with Gasteiger partial charge < -0.3 is 0 Å². The van der Waals surface area contributed by atoms with E-state index in [-0.39, 0.29) is 5.12 Å². The summed E-state index contributed by atoms with van der Waals surface area (Å²) in [5.41, 5.74) is 0. The Morgan fingerprint density at radius 1 is 1.41 bits per heavy atom. The van der Waals surface area contributed by atoms with Gasteiger partial charge in [-0.1, -0.05) is 0 Å². The average molecular weight is 337 g/mol. The predicted octanol–water partition coefficient (Wildman–Crippen LogP) is 2.37. The molecule has 2 nitrogen and oxygen atoms in total. The molecule has 0 spiro atoms. The van der Waals surface area contributed by atoms with Crippen LogP contribution in [-0.4, -0.2) is 41.7 Å². The van der Waals surface area contributed by atoms with Crippen LogP contribution in [0, 0.1) is 0 Å². The van der Waals surface area contributed by atoms with Gasteiger partial charge in [0.05, 0.1) is 0 Å². The van der Waals surface area contributed by atoms with Crippen molar-refractivity contribution in [1.29, 1.82) is 0 Å². The van der Waals surface area contributed by atoms with E-state index in [0.717, 1.165) is 18.6 Å². The van der Waals surface area contributed by atoms with Crippen LogP contribution in [0.15, 0.2) is 24.6 Å². The van der Waals surface area contributed by atoms with E-state index in [1.165, 1.54) is 23.2 Å². The fourth-order valence-corrected chi connectivity index (χ4v) is 8.52. The first kappa shape index (κ1) is 15.1. The first-order valence-electron chi connectivity index (χ1n) is 5.39. The van der Waals surface area contributed by atoms with Crippen LogP contribution < -0.4 is 0 Å². The fraction of sp³-hybridized carbons (Fsp3) is 0.500. The summed E-state index contributed by atoms with van der Waals surface area (Å²) in [6.07, 6.45) is 3.63. The maximum absolute atomic E-state index is 11.8. The van der Waals surface area contributed by atoms with Gasteiger partial charge in [-0.05, 0) is 0 Å². The minimum atomic E-state index is -2.07. The Morgan fingerprint density at radius 2 is 2.06 bits per heavy atom. The van der Waals surface area contributed by atoms with Gasteiger partial charge in [0.15, 0.2) is 0 Å². The SMILES string of the molecule is C=CC(=O)SCC1CCC(CS(=C)(=O)C=C)[Se]1. The van der Waals surface area contributed by atoms with Gasteiger partial charge in [-0.25, -0.2) is 0 Å². The molecule has 1 aliphatic rings. The van der Waals surface area contributed by atoms with E-state index < -0.39 is 9.52 Å². The van der Waals surface area contributed by atoms with Crippen LogP contribution in [0.3, 0.4) is 0 Å². The molecule has 1 saturated heterocycles. The molecule has 5 heteroatoms. The van der Waals surface area contributed by atoms with E-state index in [1.807, 2.05) is 0 Å². The van der Waals surface area contributed by atoms with E-state index in [4.69, 9.17) is 0 Å². The van der Waals surface area contributed by atoms with Crippen molar-refractivity contribution >= 4 is 47.2 Å². The summed E-state index contributed by atoms with van der Waals surface area (Å²) >= 11 is 1.82. The van der Waals surface area contributed by atoms with Gasteiger partial charge in [-0.2, -0.15) is 0 Å². The summed E-state index contributed by atoms with van der Waals surface area (Å²) in [7, 11) is -2.07. The standard InChI is InChI=1S/C12H18O2S2Se/c1-4-12(13)15-8-10-6-7-11(17-10)9-16(3,14)5-2/h4-5,10-11H,1-3,6-9H2. The zero-order chi connectivity index (χ0) is 12.9. The van der Waals surface area contributed by atoms with Crippen LogP contribution in [-0.2, 0) is 14.3 Å². The van der Waals surface area contributed by atoms with Gasteiger partial charge in [0.1, 0.15) is 0 Å². The fourth-order valence-electron chi connectivity index (χ4n) is 1.64. The summed E-state index contributed by atoms with van der Waals surface area (Å²) < 4.78 is 11.8. The van der Waals surface area contributed by atoms with E-state index in [1.54, 1.807) is 0 Å². The van der Waals surface area contributed by atoms with Crippen molar-refractivity contribution in [3.05, 3.63) is 24.6 Å². The number of hydrogen-bond acceptors (Lipinski definition) is 3. The molecular weight excluding hydrogens is 319 g/mol. The Bertz CT molecular complexity index is 401. The molecule has 3 atom stereocenters. The monoisotopic (exact) mass is 338 g/mol. The van der Waals surface area contributed by atoms with Crippen LogP contribution in [0.25, 0.3) is 0 Å². The molecule has 0 aliphatic carbocycles. The Morgan fingerprint density at radius 3 is 2.65 bits per heavy atom. The topological polar surface area (TPSA) is 34.1 Å². The first-order valence-corrected chi connectivity index (χ1v) is 10.3. The molecule has 0 N–H and O–H groups in total. The average Bonchev–Trinajstić information content (AvgIpc) is 2.73. The molecule has 17 heavy (non-hydrogen) atoms. The molecule has 0 aromatic carbocycles. The van der Waals surface area contributed by atoms with Crippen molar-refractivity contribution in [3.63, 3.8) is 0 Å². The van der Waals surface area contributed by atoms with Gasteiger partial charge >= 0.3 is 115 Å². The molecule has 3 unspecified atom stereocenters. The third-order valence-corrected chi connectivity index (χ3v) is 9.40. The predicted molar refractivity (Wildman–Crippen MR) is 80.5 cm³/mol. The molecule has 0 radical (unpaired) electrons. The number of hydrogen-bond donors (Lipinski definition) is 0. The second kappa shape index (κ2) is 6.83. The number of carbonyl (C=O) groups is 1. The second-order valence-corrected chi connectivity index (χ2v) is 10.8. The van der Waals surface area contributed by atoms with Crippen LogP contribution in [0.2, 0.25) is 9.63 Å². The quantitative estimate of drug-likeness (QED) is 0.424. The molecule has 0 amide bonds. The molecule has 96 valence electrons. The van der Waals surface area contributed by atoms with Crippen molar-refractivity contribution in [1.82, 2.24) is 0 Å². The molecule has 1 rings (SSSR count). The van der Waals surface area contributed by atoms with E-state index in [2.05, 4.69) is 19.0 Å². The van der Waals surface area contributed by atoms with Crippen LogP contribution in [0.5, 0.6) is 0 Å². The Labute approximate surface area is 114 Å². The summed E-state index contributed by atoms with van der Waals surface area (Å²) in [5.74, 6) is 5.27. The molecule has 1 fully saturated rings. The van der Waals surface area contributed by atoms with Gasteiger partial charge in [-0.3, -0.25) is 0 Å². The van der Waals surface area contributed by atoms with Crippen LogP contribution in [0.4, 0.5) is 0 Å². The molecule has 0 bridgehead atoms. The van der Waals surface area contributed by atoms with Gasteiger partial charge in [0, 0.05) is 0 Å². The van der Waals surface area contributed by atoms with Gasteiger partial charge in [0.2, 0.25) is 0 Å². The summed E-state index contributed by atoms with van der Waals surface area (Å²) in [6, 6.07) is 0. The summed E-state index contributed by atoms with van der Waals surface area (Å²) in [6.45, 7) is 7.03. The number of thioether (sulfide) groups is 1. The second-order valence-electron chi connectivity index (χ2n) is 3.99. The van der Waals surface area contributed by atoms with Gasteiger partial charge in [0.25, 0.3) is 0 Å². The minimum absolute atomic E-state index is 0.0521. The van der Waals surface area contributed by atoms with Crippen molar-refractivity contribution in [3.8, 4) is 0 Å². The first-order chi connectivity index (χ1) is 7.96. The zero-order valence-corrected chi connectivity index (χ0v) is 13.1. The number of rotatable bonds is 6. The van der Waals surface area contributed by atoms with E-state index >= 15 is 0 Å². The molecule has 0 aromatic rings. The molecule has 1 heterocycles. The Balaban J connectivity index is 2.35. The van der Waals surface area contributed by atoms with E-state index in [9.17, 15) is 9.00 Å². The Hall–Kier alpha value is 0.0395. The third kappa shape index (κ3) is 5.47. The van der Waals surface area contributed by atoms with Crippen LogP contribution in [0.1, 0.15) is 12.8 Å². The normalized spacial score (nSPS) is 27.3. The van der Waals surface area contributed by atoms with E-state index in [0.29, 0.717) is 30.3 Å². The zero-order valence-electron chi connectivity index (χ0n) is 9.80. The third-order valence-electron chi connectivity index (χ3n) is 2.55. The summed E-state index contributed by atoms with van der Waals surface area (Å²) in [5, 5.41) is 1.54. The molecule has 0 aromatic heterocycles. The maximum atomic E-state index is 11.8. The molecule has 1 aliphatic heterocycles. The van der Waals surface area contributed by atoms with Crippen molar-refractivity contribution in [2.75, 3.05) is 11.5 Å². The Kier molecular flexibility index (Phi) is 6.07. The van der Waals surface area contributed by atoms with Crippen molar-refractivity contribution in [2.24, 2.45) is 0 Å². The number of carbonyl (C=O) groups excluding carboxylic acids is 1. The van der Waals surface area contributed by atoms with Crippen molar-refractivity contribution < 1.29 is 9.00 Å². The molecular formula is C12H18O2S2Se. The van der Waals surface area contributed by atoms with Crippen LogP contribution >= 0.6 is 11.8 Å². The summed E-state index contributed by atoms with van der Waals surface area (Å²) in [4.78, 5) is 12.3.